The molecule has 9 heteroatoms. The molecule has 1 aliphatic heterocycles. The van der Waals surface area contributed by atoms with Gasteiger partial charge in [-0.1, -0.05) is 18.2 Å². The van der Waals surface area contributed by atoms with Crippen LogP contribution in [0.25, 0.3) is 6.08 Å². The number of rotatable bonds is 7. The van der Waals surface area contributed by atoms with E-state index in [1.54, 1.807) is 18.2 Å². The van der Waals surface area contributed by atoms with Gasteiger partial charge >= 0.3 is 0 Å². The van der Waals surface area contributed by atoms with Crippen LogP contribution in [0.3, 0.4) is 0 Å². The number of amides is 2. The summed E-state index contributed by atoms with van der Waals surface area (Å²) in [6.45, 7) is 5.45. The molecule has 1 aromatic carbocycles. The molecule has 1 saturated heterocycles. The van der Waals surface area contributed by atoms with Crippen molar-refractivity contribution >= 4 is 40.6 Å². The van der Waals surface area contributed by atoms with Crippen LogP contribution in [0.2, 0.25) is 0 Å². The fourth-order valence-corrected chi connectivity index (χ4v) is 3.70. The third-order valence-corrected chi connectivity index (χ3v) is 5.26. The van der Waals surface area contributed by atoms with E-state index in [4.69, 9.17) is 4.42 Å². The van der Waals surface area contributed by atoms with Crippen molar-refractivity contribution in [1.82, 2.24) is 4.90 Å². The van der Waals surface area contributed by atoms with Gasteiger partial charge in [0.05, 0.1) is 16.4 Å². The molecule has 1 aromatic heterocycles. The first-order chi connectivity index (χ1) is 13.4. The van der Waals surface area contributed by atoms with Crippen molar-refractivity contribution in [1.29, 1.82) is 0 Å². The van der Waals surface area contributed by atoms with Crippen molar-refractivity contribution < 1.29 is 18.9 Å². The monoisotopic (exact) mass is 401 g/mol. The molecule has 0 spiro atoms. The van der Waals surface area contributed by atoms with E-state index in [1.165, 1.54) is 18.2 Å². The first-order valence-electron chi connectivity index (χ1n) is 8.77. The van der Waals surface area contributed by atoms with E-state index in [-0.39, 0.29) is 17.1 Å². The minimum Gasteiger partial charge on any atom is -0.441 e. The smallest absolute Gasteiger partial charge is 0.293 e. The topological polar surface area (TPSA) is 96.9 Å². The van der Waals surface area contributed by atoms with E-state index < -0.39 is 16.1 Å². The van der Waals surface area contributed by atoms with Gasteiger partial charge in [-0.3, -0.25) is 24.6 Å². The standard InChI is InChI=1S/C19H19N3O5S/c1-3-20(4-2)17-10-9-14(27-17)11-16-18(23)21(19(24)28-16)12-13-7-5-6-8-15(13)22(25)26/h5-11H,3-4,12H2,1-2H3/b16-11-. The van der Waals surface area contributed by atoms with E-state index in [9.17, 15) is 19.7 Å². The Morgan fingerprint density at radius 3 is 2.57 bits per heavy atom. The molecule has 0 unspecified atom stereocenters. The first-order valence-corrected chi connectivity index (χ1v) is 9.58. The van der Waals surface area contributed by atoms with Gasteiger partial charge in [-0.2, -0.15) is 0 Å². The van der Waals surface area contributed by atoms with E-state index in [0.29, 0.717) is 17.2 Å². The van der Waals surface area contributed by atoms with Crippen molar-refractivity contribution in [2.24, 2.45) is 0 Å². The Kier molecular flexibility index (Phi) is 5.84. The molecule has 3 rings (SSSR count). The molecule has 146 valence electrons. The van der Waals surface area contributed by atoms with Gasteiger partial charge in [0, 0.05) is 36.9 Å². The molecular formula is C19H19N3O5S. The molecule has 0 bridgehead atoms. The van der Waals surface area contributed by atoms with Crippen molar-refractivity contribution in [3.8, 4) is 0 Å². The highest BCUT2D eigenvalue weighted by atomic mass is 32.2. The van der Waals surface area contributed by atoms with E-state index in [1.807, 2.05) is 24.8 Å². The molecule has 2 amide bonds. The quantitative estimate of drug-likeness (QED) is 0.388. The summed E-state index contributed by atoms with van der Waals surface area (Å²) in [5.41, 5.74) is 0.179. The number of imide groups is 1. The SMILES string of the molecule is CCN(CC)c1ccc(/C=C2\SC(=O)N(Cc3ccccc3[N+](=O)[O-])C2=O)o1. The second-order valence-corrected chi connectivity index (χ2v) is 7.00. The number of nitro benzene ring substituents is 1. The third kappa shape index (κ3) is 3.94. The molecule has 0 saturated carbocycles. The van der Waals surface area contributed by atoms with Crippen molar-refractivity contribution in [3.05, 3.63) is 62.7 Å². The molecule has 1 aliphatic rings. The highest BCUT2D eigenvalue weighted by Gasteiger charge is 2.36. The van der Waals surface area contributed by atoms with Crippen LogP contribution in [0.5, 0.6) is 0 Å². The predicted molar refractivity (Wildman–Crippen MR) is 107 cm³/mol. The number of benzene rings is 1. The Balaban J connectivity index is 1.81. The van der Waals surface area contributed by atoms with E-state index in [0.717, 1.165) is 29.8 Å². The lowest BCUT2D eigenvalue weighted by molar-refractivity contribution is -0.385. The molecule has 0 atom stereocenters. The Bertz CT molecular complexity index is 949. The Morgan fingerprint density at radius 2 is 1.89 bits per heavy atom. The molecule has 0 radical (unpaired) electrons. The zero-order valence-corrected chi connectivity index (χ0v) is 16.3. The zero-order valence-electron chi connectivity index (χ0n) is 15.5. The lowest BCUT2D eigenvalue weighted by atomic mass is 10.1. The van der Waals surface area contributed by atoms with Crippen LogP contribution in [-0.2, 0) is 11.3 Å². The van der Waals surface area contributed by atoms with Crippen molar-refractivity contribution in [2.45, 2.75) is 20.4 Å². The molecule has 0 aliphatic carbocycles. The maximum atomic E-state index is 12.7. The van der Waals surface area contributed by atoms with Gasteiger partial charge in [-0.25, -0.2) is 0 Å². The second kappa shape index (κ2) is 8.30. The molecule has 8 nitrogen and oxygen atoms in total. The first kappa shape index (κ1) is 19.7. The number of carbonyl (C=O) groups excluding carboxylic acids is 2. The van der Waals surface area contributed by atoms with Gasteiger partial charge in [0.1, 0.15) is 5.76 Å². The summed E-state index contributed by atoms with van der Waals surface area (Å²) in [6, 6.07) is 9.62. The van der Waals surface area contributed by atoms with Crippen LogP contribution in [0.15, 0.2) is 45.7 Å². The van der Waals surface area contributed by atoms with Crippen LogP contribution in [0, 0.1) is 10.1 Å². The van der Waals surface area contributed by atoms with Gasteiger partial charge in [0.2, 0.25) is 0 Å². The number of anilines is 1. The average molecular weight is 401 g/mol. The minimum atomic E-state index is -0.526. The van der Waals surface area contributed by atoms with Crippen LogP contribution in [0.1, 0.15) is 25.2 Å². The Hall–Kier alpha value is -3.07. The number of nitrogens with zero attached hydrogens (tertiary/aromatic N) is 3. The molecule has 1 fully saturated rings. The maximum absolute atomic E-state index is 12.7. The summed E-state index contributed by atoms with van der Waals surface area (Å²) in [6.07, 6.45) is 1.53. The van der Waals surface area contributed by atoms with Crippen LogP contribution in [-0.4, -0.2) is 34.1 Å². The molecule has 2 heterocycles. The number of nitro groups is 1. The fourth-order valence-electron chi connectivity index (χ4n) is 2.88. The van der Waals surface area contributed by atoms with Gasteiger partial charge in [0.15, 0.2) is 5.88 Å². The molecule has 2 aromatic rings. The normalized spacial score (nSPS) is 15.5. The lowest BCUT2D eigenvalue weighted by Gasteiger charge is -2.16. The lowest BCUT2D eigenvalue weighted by Crippen LogP contribution is -2.27. The third-order valence-electron chi connectivity index (χ3n) is 4.35. The Morgan fingerprint density at radius 1 is 1.18 bits per heavy atom. The van der Waals surface area contributed by atoms with E-state index >= 15 is 0 Å². The number of furan rings is 1. The van der Waals surface area contributed by atoms with Gasteiger partial charge in [0.25, 0.3) is 16.8 Å². The zero-order chi connectivity index (χ0) is 20.3. The number of hydrogen-bond donors (Lipinski definition) is 0. The van der Waals surface area contributed by atoms with Crippen LogP contribution in [0.4, 0.5) is 16.4 Å². The molecular weight excluding hydrogens is 382 g/mol. The minimum absolute atomic E-state index is 0.125. The largest absolute Gasteiger partial charge is 0.441 e. The fraction of sp³-hybridized carbons (Fsp3) is 0.263. The summed E-state index contributed by atoms with van der Waals surface area (Å²) >= 11 is 0.794. The van der Waals surface area contributed by atoms with Crippen LogP contribution < -0.4 is 4.90 Å². The second-order valence-electron chi connectivity index (χ2n) is 6.00. The summed E-state index contributed by atoms with van der Waals surface area (Å²) in [5.74, 6) is 0.669. The van der Waals surface area contributed by atoms with E-state index in [2.05, 4.69) is 0 Å². The molecule has 28 heavy (non-hydrogen) atoms. The predicted octanol–water partition coefficient (Wildman–Crippen LogP) is 4.27. The maximum Gasteiger partial charge on any atom is 0.293 e. The Labute approximate surface area is 165 Å². The number of thioether (sulfide) groups is 1. The number of carbonyl (C=O) groups is 2. The van der Waals surface area contributed by atoms with Crippen molar-refractivity contribution in [3.63, 3.8) is 0 Å². The highest BCUT2D eigenvalue weighted by molar-refractivity contribution is 8.18. The summed E-state index contributed by atoms with van der Waals surface area (Å²) in [5, 5.41) is 10.7. The average Bonchev–Trinajstić information content (AvgIpc) is 3.23. The number of para-hydroxylation sites is 1. The highest BCUT2D eigenvalue weighted by Crippen LogP contribution is 2.35. The summed E-state index contributed by atoms with van der Waals surface area (Å²) in [7, 11) is 0. The van der Waals surface area contributed by atoms with Gasteiger partial charge in [-0.15, -0.1) is 0 Å². The molecule has 0 N–H and O–H groups in total. The van der Waals surface area contributed by atoms with Crippen molar-refractivity contribution in [2.75, 3.05) is 18.0 Å². The summed E-state index contributed by atoms with van der Waals surface area (Å²) < 4.78 is 5.74. The number of hydrogen-bond acceptors (Lipinski definition) is 7. The van der Waals surface area contributed by atoms with Gasteiger partial charge in [-0.05, 0) is 31.7 Å². The van der Waals surface area contributed by atoms with Crippen LogP contribution >= 0.6 is 11.8 Å². The summed E-state index contributed by atoms with van der Waals surface area (Å²) in [4.78, 5) is 38.8. The van der Waals surface area contributed by atoms with Gasteiger partial charge < -0.3 is 9.32 Å².